The number of amides is 4. The summed E-state index contributed by atoms with van der Waals surface area (Å²) >= 11 is 0. The summed E-state index contributed by atoms with van der Waals surface area (Å²) in [6, 6.07) is 20.9. The number of hydrogen-bond donors (Lipinski definition) is 2. The number of para-hydroxylation sites is 1. The molecule has 2 aromatic heterocycles. The molecule has 2 aliphatic heterocycles. The van der Waals surface area contributed by atoms with Gasteiger partial charge in [-0.05, 0) is 80.3 Å². The lowest BCUT2D eigenvalue weighted by molar-refractivity contribution is -0.136. The van der Waals surface area contributed by atoms with Crippen LogP contribution in [0.5, 0.6) is 17.2 Å². The quantitative estimate of drug-likeness (QED) is 0.0438. The van der Waals surface area contributed by atoms with Gasteiger partial charge >= 0.3 is 0 Å². The lowest BCUT2D eigenvalue weighted by Gasteiger charge is -2.32. The number of carbonyl (C=O) groups excluding carboxylic acids is 5. The fraction of sp³-hybridized carbons (Fsp3) is 0.362. The van der Waals surface area contributed by atoms with Crippen LogP contribution in [0.3, 0.4) is 0 Å². The number of rotatable bonds is 21. The minimum atomic E-state index is -0.824. The van der Waals surface area contributed by atoms with Gasteiger partial charge in [-0.3, -0.25) is 29.3 Å². The summed E-state index contributed by atoms with van der Waals surface area (Å²) in [5, 5.41) is 7.90. The van der Waals surface area contributed by atoms with Crippen LogP contribution in [0.2, 0.25) is 0 Å². The number of nitrogens with zero attached hydrogens (tertiary/aromatic N) is 6. The van der Waals surface area contributed by atoms with Crippen LogP contribution in [0.4, 0.5) is 5.82 Å². The summed E-state index contributed by atoms with van der Waals surface area (Å²) < 4.78 is 30.4. The van der Waals surface area contributed by atoms with Crippen LogP contribution in [0.25, 0.3) is 22.3 Å². The van der Waals surface area contributed by atoms with Crippen LogP contribution in [0.15, 0.2) is 91.3 Å². The van der Waals surface area contributed by atoms with Crippen LogP contribution in [0, 0.1) is 0 Å². The van der Waals surface area contributed by atoms with Crippen LogP contribution >= 0.6 is 0 Å². The highest BCUT2D eigenvalue weighted by Gasteiger charge is 2.34. The third-order valence-corrected chi connectivity index (χ3v) is 11.0. The summed E-state index contributed by atoms with van der Waals surface area (Å²) in [7, 11) is 1.46. The first kappa shape index (κ1) is 46.0. The Bertz CT molecular complexity index is 2480. The second-order valence-corrected chi connectivity index (χ2v) is 15.4. The van der Waals surface area contributed by atoms with Gasteiger partial charge in [0.05, 0.1) is 62.2 Å². The van der Waals surface area contributed by atoms with Crippen LogP contribution in [0.1, 0.15) is 58.9 Å². The molecule has 0 bridgehead atoms. The number of nitrogens with two attached hydrogens (primary N) is 1. The Morgan fingerprint density at radius 2 is 1.60 bits per heavy atom. The molecule has 2 saturated heterocycles. The normalized spacial score (nSPS) is 16.4. The predicted molar refractivity (Wildman–Crippen MR) is 238 cm³/mol. The number of anilines is 1. The molecular weight excluding hydrogens is 837 g/mol. The number of fused-ring (bicyclic) bond motifs is 1. The molecule has 2 atom stereocenters. The number of hydrogen-bond acceptors (Lipinski definition) is 14. The summed E-state index contributed by atoms with van der Waals surface area (Å²) in [4.78, 5) is 74.1. The molecule has 5 aromatic rings. The van der Waals surface area contributed by atoms with E-state index in [2.05, 4.69) is 15.3 Å². The van der Waals surface area contributed by atoms with Crippen LogP contribution < -0.4 is 20.5 Å². The summed E-state index contributed by atoms with van der Waals surface area (Å²) in [6.45, 7) is 3.25. The van der Waals surface area contributed by atoms with Gasteiger partial charge < -0.3 is 39.2 Å². The molecule has 4 heterocycles. The minimum Gasteiger partial charge on any atom is -0.490 e. The number of ether oxygens (including phenoxy) is 5. The predicted octanol–water partition coefficient (Wildman–Crippen LogP) is 4.80. The van der Waals surface area contributed by atoms with Crippen molar-refractivity contribution in [1.82, 2.24) is 34.9 Å². The largest absolute Gasteiger partial charge is 0.490 e. The molecule has 2 unspecified atom stereocenters. The number of carbonyl (C=O) groups is 5. The summed E-state index contributed by atoms with van der Waals surface area (Å²) in [6.07, 6.45) is 7.90. The van der Waals surface area contributed by atoms with Gasteiger partial charge in [-0.25, -0.2) is 14.6 Å². The lowest BCUT2D eigenvalue weighted by atomic mass is 10.0. The van der Waals surface area contributed by atoms with E-state index in [1.165, 1.54) is 24.3 Å². The molecular formula is C47H52N8O10. The second-order valence-electron chi connectivity index (χ2n) is 15.4. The molecule has 3 aromatic carbocycles. The molecule has 0 radical (unpaired) electrons. The maximum atomic E-state index is 13.2. The number of likely N-dealkylation sites (tertiary alicyclic amines) is 1. The number of nitrogen functional groups attached to an aromatic ring is 1. The van der Waals surface area contributed by atoms with Crippen molar-refractivity contribution in [2.45, 2.75) is 44.2 Å². The van der Waals surface area contributed by atoms with Gasteiger partial charge in [0.2, 0.25) is 17.7 Å². The average molecular weight is 889 g/mol. The van der Waals surface area contributed by atoms with Crippen molar-refractivity contribution in [2.24, 2.45) is 0 Å². The first-order chi connectivity index (χ1) is 31.7. The third kappa shape index (κ3) is 11.8. The van der Waals surface area contributed by atoms with Gasteiger partial charge in [0.25, 0.3) is 5.91 Å². The van der Waals surface area contributed by atoms with E-state index in [1.54, 1.807) is 18.2 Å². The topological polar surface area (TPSA) is 220 Å². The van der Waals surface area contributed by atoms with E-state index in [9.17, 15) is 24.0 Å². The number of imide groups is 1. The highest BCUT2D eigenvalue weighted by atomic mass is 16.6. The van der Waals surface area contributed by atoms with E-state index in [1.807, 2.05) is 70.3 Å². The zero-order valence-electron chi connectivity index (χ0n) is 36.1. The van der Waals surface area contributed by atoms with Gasteiger partial charge in [0.15, 0.2) is 11.9 Å². The molecule has 4 amide bonds. The first-order valence-corrected chi connectivity index (χ1v) is 21.5. The van der Waals surface area contributed by atoms with E-state index in [0.29, 0.717) is 87.1 Å². The van der Waals surface area contributed by atoms with Crippen molar-refractivity contribution in [3.05, 3.63) is 102 Å². The smallest absolute Gasteiger partial charge is 0.255 e. The Kier molecular flexibility index (Phi) is 16.0. The Hall–Kier alpha value is -7.02. The van der Waals surface area contributed by atoms with Crippen LogP contribution in [-0.2, 0) is 28.6 Å². The Labute approximate surface area is 375 Å². The second kappa shape index (κ2) is 22.6. The Morgan fingerprint density at radius 3 is 2.34 bits per heavy atom. The third-order valence-electron chi connectivity index (χ3n) is 11.0. The molecule has 0 aliphatic carbocycles. The monoisotopic (exact) mass is 888 g/mol. The van der Waals surface area contributed by atoms with Crippen molar-refractivity contribution in [1.29, 1.82) is 0 Å². The van der Waals surface area contributed by atoms with Crippen molar-refractivity contribution < 1.29 is 47.7 Å². The van der Waals surface area contributed by atoms with E-state index in [-0.39, 0.29) is 60.8 Å². The van der Waals surface area contributed by atoms with E-state index >= 15 is 0 Å². The molecule has 2 aliphatic rings. The highest BCUT2D eigenvalue weighted by molar-refractivity contribution is 6.06. The van der Waals surface area contributed by atoms with Crippen molar-refractivity contribution in [3.8, 4) is 28.5 Å². The summed E-state index contributed by atoms with van der Waals surface area (Å²) in [5.74, 6) is 0.432. The molecule has 3 N–H and O–H groups in total. The Balaban J connectivity index is 0.778. The van der Waals surface area contributed by atoms with Gasteiger partial charge in [0, 0.05) is 32.1 Å². The van der Waals surface area contributed by atoms with Gasteiger partial charge in [-0.1, -0.05) is 30.3 Å². The fourth-order valence-electron chi connectivity index (χ4n) is 7.67. The molecule has 18 heteroatoms. The molecule has 0 saturated carbocycles. The number of nitrogens with one attached hydrogen (secondary N) is 1. The molecule has 0 spiro atoms. The number of aromatic nitrogens is 4. The number of likely N-dealkylation sites (N-methyl/N-ethyl adjacent to an activating group) is 1. The first-order valence-electron chi connectivity index (χ1n) is 21.5. The Morgan fingerprint density at radius 1 is 0.877 bits per heavy atom. The molecule has 7 rings (SSSR count). The fourth-order valence-corrected chi connectivity index (χ4v) is 7.67. The SMILES string of the molecule is CN(C(=O)c1cccc(OCCOCCOCCOCC/C=C/C(=O)N2CCCC(n3nc(-c4ccc(Oc5ccccc5)cc4)c4c(N)ncnc43)C2)c1C=O)C1CCC(=O)NC1=O. The number of aldehydes is 1. The van der Waals surface area contributed by atoms with Gasteiger partial charge in [-0.2, -0.15) is 5.10 Å². The minimum absolute atomic E-state index is 0.0596. The maximum absolute atomic E-state index is 13.2. The number of benzene rings is 3. The molecule has 340 valence electrons. The van der Waals surface area contributed by atoms with Crippen molar-refractivity contribution in [2.75, 3.05) is 72.1 Å². The molecule has 2 fully saturated rings. The van der Waals surface area contributed by atoms with Crippen LogP contribution in [-0.4, -0.2) is 132 Å². The van der Waals surface area contributed by atoms with Crippen molar-refractivity contribution in [3.63, 3.8) is 0 Å². The van der Waals surface area contributed by atoms with E-state index in [0.717, 1.165) is 24.2 Å². The zero-order valence-corrected chi connectivity index (χ0v) is 36.1. The molecule has 65 heavy (non-hydrogen) atoms. The summed E-state index contributed by atoms with van der Waals surface area (Å²) in [5.41, 5.74) is 8.66. The van der Waals surface area contributed by atoms with Gasteiger partial charge in [0.1, 0.15) is 47.7 Å². The van der Waals surface area contributed by atoms with E-state index < -0.39 is 17.9 Å². The molecule has 18 nitrogen and oxygen atoms in total. The average Bonchev–Trinajstić information content (AvgIpc) is 3.72. The van der Waals surface area contributed by atoms with Crippen molar-refractivity contribution >= 4 is 46.8 Å². The van der Waals surface area contributed by atoms with Gasteiger partial charge in [-0.15, -0.1) is 0 Å². The highest BCUT2D eigenvalue weighted by Crippen LogP contribution is 2.35. The number of piperidine rings is 2. The maximum Gasteiger partial charge on any atom is 0.255 e. The lowest BCUT2D eigenvalue weighted by Crippen LogP contribution is -2.53. The zero-order chi connectivity index (χ0) is 45.5. The van der Waals surface area contributed by atoms with E-state index in [4.69, 9.17) is 34.5 Å². The standard InChI is InChI=1S/C47H52N8O10/c1-53(38-19-20-40(57)51-46(38)59)47(60)36-12-7-13-39(37(36)30-56)64-28-27-63-26-25-62-24-23-61-22-6-5-14-41(58)54-21-8-9-33(29-54)55-45-42(44(48)49-31-50-45)43(52-55)32-15-17-35(18-16-32)65-34-10-3-2-4-11-34/h2-5,7,10-18,30-31,33,38H,6,8-9,19-29H2,1H3,(H2,48,49,50)(H,51,57,59)/b14-5+.